The second-order valence-corrected chi connectivity index (χ2v) is 8.43. The standard InChI is InChI=1S/C23H24N2O4/c1-2-29-23(26)16-7-10-19-18(12-16)20-14-3-4-15(11-14)21(20)22(24-19)13-5-8-17(9-6-13)25(27)28/h5-10,12,14-15,20-22,24H,2-4,11H2,1H3/t14-,15-,20-,21+,22-/m0/s1. The number of nitro benzene ring substituents is 1. The van der Waals surface area contributed by atoms with Crippen LogP contribution in [0.25, 0.3) is 0 Å². The highest BCUT2D eigenvalue weighted by atomic mass is 16.6. The summed E-state index contributed by atoms with van der Waals surface area (Å²) in [7, 11) is 0. The van der Waals surface area contributed by atoms with Crippen molar-refractivity contribution in [1.29, 1.82) is 0 Å². The van der Waals surface area contributed by atoms with Crippen molar-refractivity contribution in [3.8, 4) is 0 Å². The Morgan fingerprint density at radius 2 is 1.93 bits per heavy atom. The lowest BCUT2D eigenvalue weighted by Gasteiger charge is -2.43. The normalized spacial score (nSPS) is 28.9. The topological polar surface area (TPSA) is 81.5 Å². The van der Waals surface area contributed by atoms with Gasteiger partial charge in [-0.3, -0.25) is 10.1 Å². The molecule has 2 aromatic carbocycles. The molecule has 5 rings (SSSR count). The summed E-state index contributed by atoms with van der Waals surface area (Å²) in [5, 5.41) is 14.7. The van der Waals surface area contributed by atoms with Crippen LogP contribution in [0.2, 0.25) is 0 Å². The van der Waals surface area contributed by atoms with Gasteiger partial charge in [-0.25, -0.2) is 4.79 Å². The predicted molar refractivity (Wildman–Crippen MR) is 109 cm³/mol. The van der Waals surface area contributed by atoms with Crippen molar-refractivity contribution in [2.45, 2.75) is 38.1 Å². The number of benzene rings is 2. The fraction of sp³-hybridized carbons (Fsp3) is 0.435. The van der Waals surface area contributed by atoms with Gasteiger partial charge in [0.1, 0.15) is 0 Å². The van der Waals surface area contributed by atoms with Gasteiger partial charge in [-0.05, 0) is 79.2 Å². The summed E-state index contributed by atoms with van der Waals surface area (Å²) in [4.78, 5) is 22.9. The van der Waals surface area contributed by atoms with Crippen LogP contribution < -0.4 is 5.32 Å². The monoisotopic (exact) mass is 392 g/mol. The number of carbonyl (C=O) groups is 1. The number of ether oxygens (including phenoxy) is 1. The molecule has 0 radical (unpaired) electrons. The maximum absolute atomic E-state index is 12.3. The Bertz CT molecular complexity index is 971. The van der Waals surface area contributed by atoms with E-state index in [0.29, 0.717) is 35.8 Å². The molecule has 3 aliphatic rings. The molecule has 150 valence electrons. The Morgan fingerprint density at radius 3 is 2.66 bits per heavy atom. The molecule has 2 aromatic rings. The van der Waals surface area contributed by atoms with E-state index in [9.17, 15) is 14.9 Å². The highest BCUT2D eigenvalue weighted by molar-refractivity contribution is 5.90. The van der Waals surface area contributed by atoms with Crippen molar-refractivity contribution >= 4 is 17.3 Å². The number of non-ortho nitro benzene ring substituents is 1. The van der Waals surface area contributed by atoms with Crippen LogP contribution in [0.1, 0.15) is 59.6 Å². The molecule has 0 saturated heterocycles. The highest BCUT2D eigenvalue weighted by Gasteiger charge is 2.53. The first-order valence-electron chi connectivity index (χ1n) is 10.4. The van der Waals surface area contributed by atoms with Gasteiger partial charge in [0.25, 0.3) is 5.69 Å². The summed E-state index contributed by atoms with van der Waals surface area (Å²) in [6.07, 6.45) is 3.70. The largest absolute Gasteiger partial charge is 0.462 e. The van der Waals surface area contributed by atoms with Crippen molar-refractivity contribution in [3.63, 3.8) is 0 Å². The maximum atomic E-state index is 12.3. The molecule has 2 aliphatic carbocycles. The van der Waals surface area contributed by atoms with Crippen LogP contribution in [0.15, 0.2) is 42.5 Å². The summed E-state index contributed by atoms with van der Waals surface area (Å²) >= 11 is 0. The van der Waals surface area contributed by atoms with Gasteiger partial charge in [0.2, 0.25) is 0 Å². The van der Waals surface area contributed by atoms with E-state index in [-0.39, 0.29) is 22.6 Å². The molecule has 2 saturated carbocycles. The Morgan fingerprint density at radius 1 is 1.17 bits per heavy atom. The van der Waals surface area contributed by atoms with Gasteiger partial charge in [-0.2, -0.15) is 0 Å². The van der Waals surface area contributed by atoms with E-state index >= 15 is 0 Å². The number of esters is 1. The van der Waals surface area contributed by atoms with Gasteiger partial charge >= 0.3 is 5.97 Å². The molecule has 0 aromatic heterocycles. The minimum atomic E-state index is -0.357. The molecular weight excluding hydrogens is 368 g/mol. The maximum Gasteiger partial charge on any atom is 0.338 e. The van der Waals surface area contributed by atoms with Crippen LogP contribution in [-0.4, -0.2) is 17.5 Å². The van der Waals surface area contributed by atoms with Crippen molar-refractivity contribution in [2.24, 2.45) is 17.8 Å². The molecule has 1 heterocycles. The van der Waals surface area contributed by atoms with E-state index < -0.39 is 0 Å². The SMILES string of the molecule is CCOC(=O)c1ccc2c(c1)[C@@H]1[C@H]3CC[C@@H](C3)[C@H]1[C@H](c1ccc([N+](=O)[O-])cc1)N2. The van der Waals surface area contributed by atoms with E-state index in [1.54, 1.807) is 12.1 Å². The molecule has 1 aliphatic heterocycles. The van der Waals surface area contributed by atoms with Gasteiger partial charge < -0.3 is 10.1 Å². The highest BCUT2D eigenvalue weighted by Crippen LogP contribution is 2.63. The average Bonchev–Trinajstić information content (AvgIpc) is 3.36. The van der Waals surface area contributed by atoms with Crippen molar-refractivity contribution in [1.82, 2.24) is 0 Å². The molecule has 5 atom stereocenters. The minimum absolute atomic E-state index is 0.119. The lowest BCUT2D eigenvalue weighted by atomic mass is 9.68. The number of nitro groups is 1. The minimum Gasteiger partial charge on any atom is -0.462 e. The molecule has 6 nitrogen and oxygen atoms in total. The third-order valence-corrected chi connectivity index (χ3v) is 7.06. The van der Waals surface area contributed by atoms with Crippen molar-refractivity contribution < 1.29 is 14.5 Å². The van der Waals surface area contributed by atoms with E-state index in [1.165, 1.54) is 24.8 Å². The number of fused-ring (bicyclic) bond motifs is 7. The van der Waals surface area contributed by atoms with Crippen LogP contribution in [0.3, 0.4) is 0 Å². The fourth-order valence-electron chi connectivity index (χ4n) is 5.96. The summed E-state index contributed by atoms with van der Waals surface area (Å²) < 4.78 is 5.20. The van der Waals surface area contributed by atoms with Crippen LogP contribution in [0, 0.1) is 27.9 Å². The van der Waals surface area contributed by atoms with Crippen LogP contribution >= 0.6 is 0 Å². The zero-order valence-electron chi connectivity index (χ0n) is 16.3. The Kier molecular flexibility index (Phi) is 4.30. The lowest BCUT2D eigenvalue weighted by Crippen LogP contribution is -2.35. The Labute approximate surface area is 169 Å². The fourth-order valence-corrected chi connectivity index (χ4v) is 5.96. The van der Waals surface area contributed by atoms with Crippen LogP contribution in [0.5, 0.6) is 0 Å². The summed E-state index contributed by atoms with van der Waals surface area (Å²) in [6, 6.07) is 12.9. The molecule has 0 amide bonds. The van der Waals surface area contributed by atoms with Gasteiger partial charge in [0.15, 0.2) is 0 Å². The Balaban J connectivity index is 1.54. The zero-order chi connectivity index (χ0) is 20.1. The summed E-state index contributed by atoms with van der Waals surface area (Å²) in [5.41, 5.74) is 4.12. The zero-order valence-corrected chi connectivity index (χ0v) is 16.3. The third-order valence-electron chi connectivity index (χ3n) is 7.06. The van der Waals surface area contributed by atoms with Gasteiger partial charge in [0.05, 0.1) is 23.1 Å². The smallest absolute Gasteiger partial charge is 0.338 e. The number of hydrogen-bond acceptors (Lipinski definition) is 5. The quantitative estimate of drug-likeness (QED) is 0.446. The molecule has 1 N–H and O–H groups in total. The number of anilines is 1. The van der Waals surface area contributed by atoms with Crippen LogP contribution in [-0.2, 0) is 4.74 Å². The van der Waals surface area contributed by atoms with E-state index in [2.05, 4.69) is 5.32 Å². The number of carbonyl (C=O) groups excluding carboxylic acids is 1. The number of rotatable bonds is 4. The molecule has 6 heteroatoms. The molecule has 2 fully saturated rings. The summed E-state index contributed by atoms with van der Waals surface area (Å²) in [5.74, 6) is 1.88. The number of nitrogens with zero attached hydrogens (tertiary/aromatic N) is 1. The predicted octanol–water partition coefficient (Wildman–Crippen LogP) is 5.07. The van der Waals surface area contributed by atoms with E-state index in [1.807, 2.05) is 37.3 Å². The molecule has 29 heavy (non-hydrogen) atoms. The third kappa shape index (κ3) is 2.89. The molecular formula is C23H24N2O4. The molecule has 2 bridgehead atoms. The number of nitrogens with one attached hydrogen (secondary N) is 1. The number of hydrogen-bond donors (Lipinski definition) is 1. The second kappa shape index (κ2) is 6.87. The van der Waals surface area contributed by atoms with Gasteiger partial charge in [-0.1, -0.05) is 12.1 Å². The lowest BCUT2D eigenvalue weighted by molar-refractivity contribution is -0.384. The van der Waals surface area contributed by atoms with E-state index in [0.717, 1.165) is 11.3 Å². The first kappa shape index (κ1) is 18.2. The molecule has 0 unspecified atom stereocenters. The molecule has 0 spiro atoms. The van der Waals surface area contributed by atoms with Crippen LogP contribution in [0.4, 0.5) is 11.4 Å². The van der Waals surface area contributed by atoms with Crippen molar-refractivity contribution in [3.05, 3.63) is 69.3 Å². The van der Waals surface area contributed by atoms with Gasteiger partial charge in [0, 0.05) is 17.8 Å². The summed E-state index contributed by atoms with van der Waals surface area (Å²) in [6.45, 7) is 2.19. The first-order chi connectivity index (χ1) is 14.1. The Hall–Kier alpha value is -2.89. The average molecular weight is 392 g/mol. The van der Waals surface area contributed by atoms with Gasteiger partial charge in [-0.15, -0.1) is 0 Å². The first-order valence-corrected chi connectivity index (χ1v) is 10.4. The van der Waals surface area contributed by atoms with Crippen molar-refractivity contribution in [2.75, 3.05) is 11.9 Å². The second-order valence-electron chi connectivity index (χ2n) is 8.43. The van der Waals surface area contributed by atoms with E-state index in [4.69, 9.17) is 4.74 Å².